The summed E-state index contributed by atoms with van der Waals surface area (Å²) in [7, 11) is 0. The largest absolute Gasteiger partial charge is 0.356 e. The number of hydrogen-bond acceptors (Lipinski definition) is 4. The van der Waals surface area contributed by atoms with E-state index in [1.165, 1.54) is 11.8 Å². The van der Waals surface area contributed by atoms with Gasteiger partial charge >= 0.3 is 0 Å². The molecule has 1 N–H and O–H groups in total. The van der Waals surface area contributed by atoms with Crippen LogP contribution in [0.1, 0.15) is 40.0 Å². The third-order valence-electron chi connectivity index (χ3n) is 6.94. The van der Waals surface area contributed by atoms with Gasteiger partial charge in [-0.3, -0.25) is 9.59 Å². The number of fused-ring (bicyclic) bond motifs is 4. The van der Waals surface area contributed by atoms with E-state index in [1.54, 1.807) is 6.07 Å². The van der Waals surface area contributed by atoms with Gasteiger partial charge in [0.05, 0.1) is 0 Å². The minimum absolute atomic E-state index is 0.0785. The summed E-state index contributed by atoms with van der Waals surface area (Å²) in [6.45, 7) is 6.36. The second kappa shape index (κ2) is 9.99. The lowest BCUT2D eigenvalue weighted by Gasteiger charge is -2.43. The van der Waals surface area contributed by atoms with Crippen LogP contribution in [0.25, 0.3) is 0 Å². The van der Waals surface area contributed by atoms with Crippen molar-refractivity contribution in [2.24, 2.45) is 5.92 Å². The van der Waals surface area contributed by atoms with Crippen molar-refractivity contribution < 1.29 is 4.79 Å². The maximum Gasteiger partial charge on any atom is 0.250 e. The Morgan fingerprint density at radius 3 is 2.60 bits per heavy atom. The Hall–Kier alpha value is -2.90. The Labute approximate surface area is 215 Å². The van der Waals surface area contributed by atoms with E-state index in [0.717, 1.165) is 58.4 Å². The standard InChI is InChI=1S/C28H29N3O2S2/c1-18-11-12-23(19(2)13-18)29-27(33)26(21-7-4-3-5-8-21)35-28(34)30-15-20-14-22(17-30)24-9-6-10-25(32)31(24)16-20/h3-13,20,22,26H,14-17H2,1-2H3,(H,29,33)/t20-,22+,26+/m1/s1. The normalized spacial score (nSPS) is 19.5. The fourth-order valence-electron chi connectivity index (χ4n) is 5.27. The number of aromatic nitrogens is 1. The molecule has 2 aromatic carbocycles. The predicted octanol–water partition coefficient (Wildman–Crippen LogP) is 5.28. The Balaban J connectivity index is 1.36. The summed E-state index contributed by atoms with van der Waals surface area (Å²) in [6.07, 6.45) is 1.07. The zero-order chi connectivity index (χ0) is 24.5. The molecule has 3 aromatic rings. The fourth-order valence-corrected chi connectivity index (χ4v) is 6.67. The maximum absolute atomic E-state index is 13.5. The highest BCUT2D eigenvalue weighted by Gasteiger charge is 2.36. The number of aryl methyl sites for hydroxylation is 2. The summed E-state index contributed by atoms with van der Waals surface area (Å²) in [5.41, 5.74) is 5.12. The lowest BCUT2D eigenvalue weighted by atomic mass is 9.83. The van der Waals surface area contributed by atoms with Crippen molar-refractivity contribution in [3.8, 4) is 0 Å². The number of rotatable bonds is 4. The molecule has 0 radical (unpaired) electrons. The Morgan fingerprint density at radius 2 is 1.83 bits per heavy atom. The molecule has 0 aliphatic carbocycles. The van der Waals surface area contributed by atoms with Gasteiger partial charge in [0.15, 0.2) is 0 Å². The van der Waals surface area contributed by atoms with Crippen molar-refractivity contribution in [3.05, 3.63) is 99.5 Å². The van der Waals surface area contributed by atoms with Gasteiger partial charge in [0, 0.05) is 43.0 Å². The van der Waals surface area contributed by atoms with E-state index < -0.39 is 5.25 Å². The summed E-state index contributed by atoms with van der Waals surface area (Å²) in [5.74, 6) is 0.567. The molecule has 35 heavy (non-hydrogen) atoms. The number of carbonyl (C=O) groups is 1. The number of anilines is 1. The van der Waals surface area contributed by atoms with E-state index >= 15 is 0 Å². The van der Waals surface area contributed by atoms with Crippen LogP contribution in [-0.4, -0.2) is 32.8 Å². The van der Waals surface area contributed by atoms with E-state index in [2.05, 4.69) is 22.3 Å². The first-order valence-corrected chi connectivity index (χ1v) is 13.3. The molecule has 7 heteroatoms. The molecule has 180 valence electrons. The number of amides is 1. The second-order valence-electron chi connectivity index (χ2n) is 9.59. The van der Waals surface area contributed by atoms with Crippen LogP contribution in [-0.2, 0) is 11.3 Å². The average Bonchev–Trinajstić information content (AvgIpc) is 2.85. The predicted molar refractivity (Wildman–Crippen MR) is 147 cm³/mol. The van der Waals surface area contributed by atoms with Crippen LogP contribution in [0, 0.1) is 19.8 Å². The number of nitrogens with zero attached hydrogens (tertiary/aromatic N) is 2. The zero-order valence-corrected chi connectivity index (χ0v) is 21.6. The first kappa shape index (κ1) is 23.8. The summed E-state index contributed by atoms with van der Waals surface area (Å²) < 4.78 is 2.66. The Morgan fingerprint density at radius 1 is 1.03 bits per heavy atom. The van der Waals surface area contributed by atoms with Crippen LogP contribution in [0.15, 0.2) is 71.5 Å². The van der Waals surface area contributed by atoms with Crippen LogP contribution >= 0.6 is 24.0 Å². The van der Waals surface area contributed by atoms with Gasteiger partial charge in [0.2, 0.25) is 5.91 Å². The van der Waals surface area contributed by atoms with Crippen molar-refractivity contribution in [2.45, 2.75) is 38.0 Å². The molecule has 3 heterocycles. The highest BCUT2D eigenvalue weighted by molar-refractivity contribution is 8.23. The molecule has 2 aliphatic heterocycles. The molecule has 0 saturated carbocycles. The zero-order valence-electron chi connectivity index (χ0n) is 19.9. The van der Waals surface area contributed by atoms with Gasteiger partial charge in [0.1, 0.15) is 9.57 Å². The molecule has 0 spiro atoms. The van der Waals surface area contributed by atoms with Crippen molar-refractivity contribution in [1.82, 2.24) is 9.47 Å². The minimum atomic E-state index is -0.457. The minimum Gasteiger partial charge on any atom is -0.356 e. The van der Waals surface area contributed by atoms with Gasteiger partial charge < -0.3 is 14.8 Å². The van der Waals surface area contributed by atoms with Crippen LogP contribution in [0.2, 0.25) is 0 Å². The third kappa shape index (κ3) is 5.07. The van der Waals surface area contributed by atoms with Crippen LogP contribution in [0.4, 0.5) is 5.69 Å². The van der Waals surface area contributed by atoms with Gasteiger partial charge in [-0.15, -0.1) is 0 Å². The molecule has 2 aliphatic rings. The topological polar surface area (TPSA) is 54.3 Å². The average molecular weight is 504 g/mol. The van der Waals surface area contributed by atoms with Gasteiger partial charge in [-0.1, -0.05) is 78.1 Å². The fraction of sp³-hybridized carbons (Fsp3) is 0.321. The highest BCUT2D eigenvalue weighted by Crippen LogP contribution is 2.39. The molecule has 5 rings (SSSR count). The smallest absolute Gasteiger partial charge is 0.250 e. The highest BCUT2D eigenvalue weighted by atomic mass is 32.2. The number of pyridine rings is 1. The summed E-state index contributed by atoms with van der Waals surface area (Å²) in [4.78, 5) is 28.1. The number of carbonyl (C=O) groups excluding carboxylic acids is 1. The molecule has 2 bridgehead atoms. The molecular formula is C28H29N3O2S2. The van der Waals surface area contributed by atoms with Crippen molar-refractivity contribution >= 4 is 39.9 Å². The number of likely N-dealkylation sites (tertiary alicyclic amines) is 1. The number of thiocarbonyl (C=S) groups is 1. The molecule has 5 nitrogen and oxygen atoms in total. The SMILES string of the molecule is Cc1ccc(NC(=O)[C@@H](SC(=S)N2C[C@H]3C[C@@H](C2)c2cccc(=O)n2C3)c2ccccc2)c(C)c1. The van der Waals surface area contributed by atoms with Gasteiger partial charge in [-0.2, -0.15) is 0 Å². The monoisotopic (exact) mass is 503 g/mol. The van der Waals surface area contributed by atoms with Crippen molar-refractivity contribution in [2.75, 3.05) is 18.4 Å². The van der Waals surface area contributed by atoms with Gasteiger partial charge in [0.25, 0.3) is 5.56 Å². The number of nitrogens with one attached hydrogen (secondary N) is 1. The van der Waals surface area contributed by atoms with Crippen LogP contribution < -0.4 is 10.9 Å². The number of piperidine rings is 1. The number of thioether (sulfide) groups is 1. The van der Waals surface area contributed by atoms with Gasteiger partial charge in [-0.05, 0) is 49.4 Å². The van der Waals surface area contributed by atoms with E-state index in [9.17, 15) is 9.59 Å². The summed E-state index contributed by atoms with van der Waals surface area (Å²) in [5, 5.41) is 2.67. The first-order chi connectivity index (χ1) is 16.9. The van der Waals surface area contributed by atoms with Crippen molar-refractivity contribution in [3.63, 3.8) is 0 Å². The lowest BCUT2D eigenvalue weighted by molar-refractivity contribution is -0.115. The van der Waals surface area contributed by atoms with E-state index in [0.29, 0.717) is 5.92 Å². The maximum atomic E-state index is 13.5. The Kier molecular flexibility index (Phi) is 6.80. The molecule has 0 unspecified atom stereocenters. The van der Waals surface area contributed by atoms with Crippen molar-refractivity contribution in [1.29, 1.82) is 0 Å². The van der Waals surface area contributed by atoms with Crippen LogP contribution in [0.3, 0.4) is 0 Å². The molecule has 3 atom stereocenters. The van der Waals surface area contributed by atoms with Gasteiger partial charge in [-0.25, -0.2) is 0 Å². The molecule has 1 aromatic heterocycles. The molecule has 1 saturated heterocycles. The molecule has 1 amide bonds. The van der Waals surface area contributed by atoms with Crippen LogP contribution in [0.5, 0.6) is 0 Å². The van der Waals surface area contributed by atoms with E-state index in [4.69, 9.17) is 12.2 Å². The lowest BCUT2D eigenvalue weighted by Crippen LogP contribution is -2.48. The summed E-state index contributed by atoms with van der Waals surface area (Å²) >= 11 is 7.36. The quantitative estimate of drug-likeness (QED) is 0.491. The third-order valence-corrected chi connectivity index (χ3v) is 8.67. The summed E-state index contributed by atoms with van der Waals surface area (Å²) in [6, 6.07) is 21.4. The second-order valence-corrected chi connectivity index (χ2v) is 11.3. The number of hydrogen-bond donors (Lipinski definition) is 1. The Bertz CT molecular complexity index is 1320. The first-order valence-electron chi connectivity index (χ1n) is 12.0. The van der Waals surface area contributed by atoms with E-state index in [-0.39, 0.29) is 17.4 Å². The molecule has 1 fully saturated rings. The van der Waals surface area contributed by atoms with E-state index in [1.807, 2.05) is 66.9 Å². The number of benzene rings is 2. The molecular weight excluding hydrogens is 474 g/mol.